The summed E-state index contributed by atoms with van der Waals surface area (Å²) < 4.78 is 12.7. The second kappa shape index (κ2) is 11.1. The Morgan fingerprint density at radius 2 is 1.71 bits per heavy atom. The van der Waals surface area contributed by atoms with E-state index in [-0.39, 0.29) is 23.6 Å². The minimum atomic E-state index is -1.23. The Kier molecular flexibility index (Phi) is 7.33. The molecule has 0 atom stereocenters. The van der Waals surface area contributed by atoms with Gasteiger partial charge >= 0.3 is 12.1 Å². The topological polar surface area (TPSA) is 115 Å². The van der Waals surface area contributed by atoms with Crippen LogP contribution in [0.3, 0.4) is 0 Å². The SMILES string of the molecule is O=C(O)c1cc(C#Cc2ccc(OCc3c(-c4c(Cl)cccc4Cl)noc3C3CC3)cc2Cl)c2ccn(C(=O)O)c2c1. The molecular weight excluding hydrogens is 603 g/mol. The van der Waals surface area contributed by atoms with Crippen LogP contribution in [0.25, 0.3) is 22.2 Å². The normalized spacial score (nSPS) is 12.6. The maximum absolute atomic E-state index is 11.6. The van der Waals surface area contributed by atoms with Crippen LogP contribution in [0.2, 0.25) is 15.1 Å². The van der Waals surface area contributed by atoms with Crippen molar-refractivity contribution in [1.82, 2.24) is 9.72 Å². The molecule has 8 nitrogen and oxygen atoms in total. The van der Waals surface area contributed by atoms with Crippen molar-refractivity contribution in [3.63, 3.8) is 0 Å². The molecule has 1 aliphatic carbocycles. The summed E-state index contributed by atoms with van der Waals surface area (Å²) >= 11 is 19.4. The number of halogens is 3. The number of carboxylic acids is 1. The van der Waals surface area contributed by atoms with Gasteiger partial charge in [-0.2, -0.15) is 0 Å². The number of nitrogens with zero attached hydrogens (tertiary/aromatic N) is 2. The van der Waals surface area contributed by atoms with Crippen LogP contribution in [0.1, 0.15) is 51.6 Å². The zero-order valence-corrected chi connectivity index (χ0v) is 23.8. The minimum absolute atomic E-state index is 0.0837. The molecule has 0 spiro atoms. The van der Waals surface area contributed by atoms with E-state index < -0.39 is 12.1 Å². The van der Waals surface area contributed by atoms with Crippen molar-refractivity contribution < 1.29 is 29.1 Å². The molecule has 0 bridgehead atoms. The molecule has 210 valence electrons. The third-order valence-electron chi connectivity index (χ3n) is 6.88. The molecular formula is C31H19Cl3N2O6. The van der Waals surface area contributed by atoms with Gasteiger partial charge < -0.3 is 19.5 Å². The zero-order valence-electron chi connectivity index (χ0n) is 21.5. The van der Waals surface area contributed by atoms with E-state index in [1.54, 1.807) is 42.5 Å². The fourth-order valence-corrected chi connectivity index (χ4v) is 5.46. The standard InChI is InChI=1S/C31H19Cl3N2O6/c32-23-2-1-3-24(33)27(23)28-22(29(42-35-28)17-5-6-17)15-41-20-9-8-16(25(34)14-20)4-7-18-12-19(30(37)38)13-26-21(18)10-11-36(26)31(39)40/h1-3,8-14,17H,5-6,15H2,(H,37,38)(H,39,40). The third-order valence-corrected chi connectivity index (χ3v) is 7.83. The number of hydrogen-bond acceptors (Lipinski definition) is 5. The first-order chi connectivity index (χ1) is 20.2. The quantitative estimate of drug-likeness (QED) is 0.183. The molecule has 6 rings (SSSR count). The van der Waals surface area contributed by atoms with E-state index in [0.29, 0.717) is 48.6 Å². The summed E-state index contributed by atoms with van der Waals surface area (Å²) in [5, 5.41) is 25.0. The Morgan fingerprint density at radius 1 is 0.976 bits per heavy atom. The molecule has 11 heteroatoms. The van der Waals surface area contributed by atoms with Gasteiger partial charge in [-0.1, -0.05) is 57.9 Å². The molecule has 5 aromatic rings. The first-order valence-corrected chi connectivity index (χ1v) is 13.8. The Balaban J connectivity index is 1.28. The zero-order chi connectivity index (χ0) is 29.5. The van der Waals surface area contributed by atoms with E-state index in [2.05, 4.69) is 17.0 Å². The van der Waals surface area contributed by atoms with Gasteiger partial charge in [0, 0.05) is 40.3 Å². The molecule has 42 heavy (non-hydrogen) atoms. The van der Waals surface area contributed by atoms with Gasteiger partial charge in [-0.15, -0.1) is 0 Å². The molecule has 1 aliphatic rings. The van der Waals surface area contributed by atoms with Crippen molar-refractivity contribution in [2.45, 2.75) is 25.4 Å². The van der Waals surface area contributed by atoms with Crippen molar-refractivity contribution in [3.8, 4) is 28.8 Å². The maximum atomic E-state index is 11.6. The van der Waals surface area contributed by atoms with E-state index in [9.17, 15) is 19.8 Å². The Labute approximate surface area is 254 Å². The second-order valence-electron chi connectivity index (χ2n) is 9.66. The van der Waals surface area contributed by atoms with E-state index in [1.165, 1.54) is 18.3 Å². The number of aromatic carboxylic acids is 1. The number of carbonyl (C=O) groups is 2. The molecule has 2 heterocycles. The lowest BCUT2D eigenvalue weighted by Crippen LogP contribution is -2.06. The van der Waals surface area contributed by atoms with Gasteiger partial charge in [0.1, 0.15) is 23.8 Å². The number of fused-ring (bicyclic) bond motifs is 1. The molecule has 0 saturated heterocycles. The fraction of sp³-hybridized carbons (Fsp3) is 0.129. The maximum Gasteiger partial charge on any atom is 0.416 e. The highest BCUT2D eigenvalue weighted by molar-refractivity contribution is 6.39. The molecule has 0 radical (unpaired) electrons. The first-order valence-electron chi connectivity index (χ1n) is 12.7. The van der Waals surface area contributed by atoms with Gasteiger partial charge in [0.15, 0.2) is 0 Å². The smallest absolute Gasteiger partial charge is 0.416 e. The van der Waals surface area contributed by atoms with Gasteiger partial charge in [0.25, 0.3) is 0 Å². The van der Waals surface area contributed by atoms with Crippen LogP contribution in [0.5, 0.6) is 5.75 Å². The van der Waals surface area contributed by atoms with Gasteiger partial charge in [0.2, 0.25) is 0 Å². The predicted molar refractivity (Wildman–Crippen MR) is 158 cm³/mol. The number of hydrogen-bond donors (Lipinski definition) is 2. The molecule has 3 aromatic carbocycles. The average Bonchev–Trinajstić information content (AvgIpc) is 3.56. The summed E-state index contributed by atoms with van der Waals surface area (Å²) in [5.74, 6) is 6.20. The molecule has 1 fully saturated rings. The molecule has 2 N–H and O–H groups in total. The van der Waals surface area contributed by atoms with E-state index in [4.69, 9.17) is 44.1 Å². The Hall–Kier alpha value is -4.42. The largest absolute Gasteiger partial charge is 0.489 e. The van der Waals surface area contributed by atoms with Gasteiger partial charge in [-0.3, -0.25) is 4.57 Å². The van der Waals surface area contributed by atoms with Crippen LogP contribution < -0.4 is 4.74 Å². The number of carboxylic acid groups (broad SMARTS) is 2. The Morgan fingerprint density at radius 3 is 2.38 bits per heavy atom. The van der Waals surface area contributed by atoms with Gasteiger partial charge in [-0.25, -0.2) is 9.59 Å². The summed E-state index contributed by atoms with van der Waals surface area (Å²) in [6, 6.07) is 14.5. The molecule has 0 aliphatic heterocycles. The van der Waals surface area contributed by atoms with Crippen LogP contribution in [0, 0.1) is 11.8 Å². The third kappa shape index (κ3) is 5.30. The average molecular weight is 622 g/mol. The Bertz CT molecular complexity index is 1940. The molecule has 0 unspecified atom stereocenters. The summed E-state index contributed by atoms with van der Waals surface area (Å²) in [4.78, 5) is 23.2. The van der Waals surface area contributed by atoms with Crippen molar-refractivity contribution in [2.75, 3.05) is 0 Å². The summed E-state index contributed by atoms with van der Waals surface area (Å²) in [7, 11) is 0. The summed E-state index contributed by atoms with van der Waals surface area (Å²) in [5.41, 5.74) is 2.85. The highest BCUT2D eigenvalue weighted by atomic mass is 35.5. The van der Waals surface area contributed by atoms with Crippen molar-refractivity contribution in [3.05, 3.63) is 104 Å². The van der Waals surface area contributed by atoms with E-state index >= 15 is 0 Å². The first kappa shape index (κ1) is 27.7. The lowest BCUT2D eigenvalue weighted by atomic mass is 10.0. The van der Waals surface area contributed by atoms with Gasteiger partial charge in [0.05, 0.1) is 31.7 Å². The number of rotatable bonds is 6. The number of ether oxygens (including phenoxy) is 1. The second-order valence-corrected chi connectivity index (χ2v) is 10.9. The lowest BCUT2D eigenvalue weighted by Gasteiger charge is -2.10. The summed E-state index contributed by atoms with van der Waals surface area (Å²) in [6.45, 7) is 0.147. The van der Waals surface area contributed by atoms with Crippen molar-refractivity contribution in [1.29, 1.82) is 0 Å². The van der Waals surface area contributed by atoms with E-state index in [0.717, 1.165) is 28.7 Å². The molecule has 2 aromatic heterocycles. The van der Waals surface area contributed by atoms with Crippen LogP contribution in [-0.2, 0) is 6.61 Å². The number of aromatic nitrogens is 2. The van der Waals surface area contributed by atoms with Crippen LogP contribution in [0.4, 0.5) is 4.79 Å². The molecule has 1 saturated carbocycles. The van der Waals surface area contributed by atoms with Crippen LogP contribution >= 0.6 is 34.8 Å². The predicted octanol–water partition coefficient (Wildman–Crippen LogP) is 8.34. The van der Waals surface area contributed by atoms with Crippen LogP contribution in [-0.4, -0.2) is 32.0 Å². The van der Waals surface area contributed by atoms with E-state index in [1.807, 2.05) is 0 Å². The van der Waals surface area contributed by atoms with Crippen LogP contribution in [0.15, 0.2) is 65.3 Å². The highest BCUT2D eigenvalue weighted by Crippen LogP contribution is 2.46. The minimum Gasteiger partial charge on any atom is -0.489 e. The monoisotopic (exact) mass is 620 g/mol. The lowest BCUT2D eigenvalue weighted by molar-refractivity contribution is 0.0696. The fourth-order valence-electron chi connectivity index (χ4n) is 4.66. The molecule has 0 amide bonds. The number of benzene rings is 3. The van der Waals surface area contributed by atoms with Crippen molar-refractivity contribution in [2.24, 2.45) is 0 Å². The van der Waals surface area contributed by atoms with Crippen molar-refractivity contribution >= 4 is 57.8 Å². The highest BCUT2D eigenvalue weighted by Gasteiger charge is 2.33. The van der Waals surface area contributed by atoms with Gasteiger partial charge in [-0.05, 0) is 55.3 Å². The summed E-state index contributed by atoms with van der Waals surface area (Å²) in [6.07, 6.45) is 2.11.